The summed E-state index contributed by atoms with van der Waals surface area (Å²) >= 11 is 0. The Labute approximate surface area is 52.6 Å². The Morgan fingerprint density at radius 3 is 3.22 bits per heavy atom. The molecule has 1 heterocycles. The van der Waals surface area contributed by atoms with Crippen LogP contribution in [0.4, 0.5) is 0 Å². The first-order chi connectivity index (χ1) is 4.43. The average Bonchev–Trinajstić information content (AvgIpc) is 2.13. The normalized spacial score (nSPS) is 20.7. The second-order valence-corrected chi connectivity index (χ2v) is 1.43. The highest BCUT2D eigenvalue weighted by atomic mass is 16.6. The van der Waals surface area contributed by atoms with E-state index in [9.17, 15) is 0 Å². The van der Waals surface area contributed by atoms with Gasteiger partial charge in [0.25, 0.3) is 0 Å². The van der Waals surface area contributed by atoms with Crippen LogP contribution in [0.1, 0.15) is 0 Å². The Bertz CT molecular complexity index is 155. The van der Waals surface area contributed by atoms with Gasteiger partial charge in [-0.3, -0.25) is 0 Å². The second-order valence-electron chi connectivity index (χ2n) is 1.43. The van der Waals surface area contributed by atoms with Crippen LogP contribution in [0.25, 0.3) is 0 Å². The molecule has 0 amide bonds. The van der Waals surface area contributed by atoms with Gasteiger partial charge in [-0.25, -0.2) is 5.48 Å². The number of allylic oxidation sites excluding steroid dienone is 2. The standard InChI is InChI=1S/C5H7N3O/c6-8-5-1-3-7-9-4-2-5/h1-4,7H,6H2. The summed E-state index contributed by atoms with van der Waals surface area (Å²) in [7, 11) is 0. The van der Waals surface area contributed by atoms with Crippen molar-refractivity contribution in [2.75, 3.05) is 0 Å². The van der Waals surface area contributed by atoms with E-state index in [-0.39, 0.29) is 0 Å². The fraction of sp³-hybridized carbons (Fsp3) is 0. The Morgan fingerprint density at radius 2 is 2.44 bits per heavy atom. The molecule has 1 aliphatic heterocycles. The molecule has 0 bridgehead atoms. The first-order valence-corrected chi connectivity index (χ1v) is 2.45. The highest BCUT2D eigenvalue weighted by Crippen LogP contribution is 1.86. The van der Waals surface area contributed by atoms with Crippen molar-refractivity contribution in [1.82, 2.24) is 5.48 Å². The van der Waals surface area contributed by atoms with Crippen LogP contribution in [0, 0.1) is 0 Å². The van der Waals surface area contributed by atoms with E-state index in [4.69, 9.17) is 5.84 Å². The van der Waals surface area contributed by atoms with Crippen LogP contribution in [0.3, 0.4) is 0 Å². The first kappa shape index (κ1) is 5.68. The lowest BCUT2D eigenvalue weighted by molar-refractivity contribution is 0.177. The Hall–Kier alpha value is -1.45. The molecule has 0 radical (unpaired) electrons. The number of nitrogens with zero attached hydrogens (tertiary/aromatic N) is 1. The summed E-state index contributed by atoms with van der Waals surface area (Å²) < 4.78 is 0. The maximum Gasteiger partial charge on any atom is 0.121 e. The average molecular weight is 125 g/mol. The Morgan fingerprint density at radius 1 is 1.56 bits per heavy atom. The molecule has 0 spiro atoms. The fourth-order valence-corrected chi connectivity index (χ4v) is 0.443. The van der Waals surface area contributed by atoms with Gasteiger partial charge in [-0.05, 0) is 6.08 Å². The molecule has 0 unspecified atom stereocenters. The zero-order valence-corrected chi connectivity index (χ0v) is 4.74. The number of nitrogens with one attached hydrogen (secondary N) is 1. The minimum absolute atomic E-state index is 0.667. The van der Waals surface area contributed by atoms with Crippen LogP contribution in [0.15, 0.2) is 29.7 Å². The molecule has 9 heavy (non-hydrogen) atoms. The number of hydroxylamine groups is 1. The molecule has 0 aromatic rings. The predicted molar refractivity (Wildman–Crippen MR) is 34.1 cm³/mol. The van der Waals surface area contributed by atoms with E-state index in [0.717, 1.165) is 0 Å². The number of hydrazone groups is 1. The summed E-state index contributed by atoms with van der Waals surface area (Å²) in [6, 6.07) is 0. The molecule has 4 heteroatoms. The summed E-state index contributed by atoms with van der Waals surface area (Å²) in [5, 5.41) is 3.43. The molecule has 0 saturated carbocycles. The van der Waals surface area contributed by atoms with E-state index in [1.54, 1.807) is 18.4 Å². The van der Waals surface area contributed by atoms with Crippen molar-refractivity contribution in [2.45, 2.75) is 0 Å². The number of rotatable bonds is 0. The molecule has 0 atom stereocenters. The van der Waals surface area contributed by atoms with Gasteiger partial charge in [-0.15, -0.1) is 0 Å². The van der Waals surface area contributed by atoms with Crippen molar-refractivity contribution in [3.05, 3.63) is 24.6 Å². The molecule has 0 aliphatic carbocycles. The van der Waals surface area contributed by atoms with Crippen molar-refractivity contribution in [2.24, 2.45) is 10.9 Å². The van der Waals surface area contributed by atoms with Crippen LogP contribution in [0.5, 0.6) is 0 Å². The van der Waals surface area contributed by atoms with E-state index in [0.29, 0.717) is 5.71 Å². The molecule has 48 valence electrons. The lowest BCUT2D eigenvalue weighted by atomic mass is 10.4. The fourth-order valence-electron chi connectivity index (χ4n) is 0.443. The SMILES string of the molecule is NN=C1C=CNOC=C1. The minimum Gasteiger partial charge on any atom is -0.390 e. The van der Waals surface area contributed by atoms with Gasteiger partial charge in [0.2, 0.25) is 0 Å². The molecule has 3 N–H and O–H groups in total. The number of nitrogens with two attached hydrogens (primary N) is 1. The summed E-state index contributed by atoms with van der Waals surface area (Å²) in [6.07, 6.45) is 6.41. The van der Waals surface area contributed by atoms with Crippen molar-refractivity contribution in [1.29, 1.82) is 0 Å². The van der Waals surface area contributed by atoms with Crippen molar-refractivity contribution < 1.29 is 4.84 Å². The maximum absolute atomic E-state index is 4.97. The molecular formula is C5H7N3O. The maximum atomic E-state index is 4.97. The largest absolute Gasteiger partial charge is 0.390 e. The van der Waals surface area contributed by atoms with E-state index in [2.05, 4.69) is 15.4 Å². The summed E-state index contributed by atoms with van der Waals surface area (Å²) in [6.45, 7) is 0. The van der Waals surface area contributed by atoms with Gasteiger partial charge in [-0.1, -0.05) is 0 Å². The molecule has 0 saturated heterocycles. The molecular weight excluding hydrogens is 118 g/mol. The van der Waals surface area contributed by atoms with Crippen molar-refractivity contribution >= 4 is 5.71 Å². The van der Waals surface area contributed by atoms with Gasteiger partial charge >= 0.3 is 0 Å². The van der Waals surface area contributed by atoms with E-state index < -0.39 is 0 Å². The zero-order chi connectivity index (χ0) is 6.53. The van der Waals surface area contributed by atoms with Crippen LogP contribution in [0.2, 0.25) is 0 Å². The molecule has 1 rings (SSSR count). The first-order valence-electron chi connectivity index (χ1n) is 2.45. The van der Waals surface area contributed by atoms with Gasteiger partial charge in [0.15, 0.2) is 0 Å². The topological polar surface area (TPSA) is 59.6 Å². The van der Waals surface area contributed by atoms with Gasteiger partial charge in [-0.2, -0.15) is 5.10 Å². The molecule has 0 aromatic carbocycles. The van der Waals surface area contributed by atoms with Crippen molar-refractivity contribution in [3.63, 3.8) is 0 Å². The Balaban J connectivity index is 2.70. The zero-order valence-electron chi connectivity index (χ0n) is 4.74. The lowest BCUT2D eigenvalue weighted by Crippen LogP contribution is -1.97. The third-order valence-electron chi connectivity index (χ3n) is 0.846. The molecule has 1 aliphatic rings. The van der Waals surface area contributed by atoms with E-state index >= 15 is 0 Å². The molecule has 0 fully saturated rings. The third-order valence-corrected chi connectivity index (χ3v) is 0.846. The molecule has 4 nitrogen and oxygen atoms in total. The van der Waals surface area contributed by atoms with Gasteiger partial charge in [0.05, 0.1) is 5.71 Å². The van der Waals surface area contributed by atoms with E-state index in [1.807, 2.05) is 0 Å². The van der Waals surface area contributed by atoms with Crippen LogP contribution < -0.4 is 11.3 Å². The summed E-state index contributed by atoms with van der Waals surface area (Å²) in [5.74, 6) is 4.97. The van der Waals surface area contributed by atoms with Gasteiger partial charge < -0.3 is 10.7 Å². The molecule has 0 aromatic heterocycles. The highest BCUT2D eigenvalue weighted by molar-refractivity contribution is 6.03. The smallest absolute Gasteiger partial charge is 0.121 e. The lowest BCUT2D eigenvalue weighted by Gasteiger charge is -1.90. The highest BCUT2D eigenvalue weighted by Gasteiger charge is 1.88. The van der Waals surface area contributed by atoms with Crippen LogP contribution >= 0.6 is 0 Å². The monoisotopic (exact) mass is 125 g/mol. The Kier molecular flexibility index (Phi) is 1.74. The number of hydrogen-bond donors (Lipinski definition) is 2. The van der Waals surface area contributed by atoms with E-state index in [1.165, 1.54) is 6.26 Å². The van der Waals surface area contributed by atoms with Crippen molar-refractivity contribution in [3.8, 4) is 0 Å². The third kappa shape index (κ3) is 1.49. The summed E-state index contributed by atoms with van der Waals surface area (Å²) in [5.41, 5.74) is 3.17. The van der Waals surface area contributed by atoms with Gasteiger partial charge in [0.1, 0.15) is 6.26 Å². The van der Waals surface area contributed by atoms with Crippen LogP contribution in [-0.4, -0.2) is 5.71 Å². The quantitative estimate of drug-likeness (QED) is 0.350. The predicted octanol–water partition coefficient (Wildman–Crippen LogP) is -0.137. The van der Waals surface area contributed by atoms with Crippen LogP contribution in [-0.2, 0) is 4.84 Å². The minimum atomic E-state index is 0.667. The van der Waals surface area contributed by atoms with Gasteiger partial charge in [0, 0.05) is 12.3 Å². The second kappa shape index (κ2) is 2.76. The number of hydrogen-bond acceptors (Lipinski definition) is 4. The summed E-state index contributed by atoms with van der Waals surface area (Å²) in [4.78, 5) is 4.67.